The van der Waals surface area contributed by atoms with Crippen molar-refractivity contribution in [3.63, 3.8) is 0 Å². The summed E-state index contributed by atoms with van der Waals surface area (Å²) in [5, 5.41) is 14.9. The molecule has 2 bridgehead atoms. The third-order valence-electron chi connectivity index (χ3n) is 7.73. The lowest BCUT2D eigenvalue weighted by atomic mass is 9.68. The van der Waals surface area contributed by atoms with Gasteiger partial charge in [-0.15, -0.1) is 0 Å². The first kappa shape index (κ1) is 22.6. The molecule has 8 nitrogen and oxygen atoms in total. The highest BCUT2D eigenvalue weighted by molar-refractivity contribution is 5.78. The average Bonchev–Trinajstić information content (AvgIpc) is 2.90. The minimum absolute atomic E-state index is 0.142. The van der Waals surface area contributed by atoms with Gasteiger partial charge in [0.1, 0.15) is 19.0 Å². The highest BCUT2D eigenvalue weighted by atomic mass is 19.1. The number of aliphatic hydroxyl groups is 1. The Morgan fingerprint density at radius 2 is 1.89 bits per heavy atom. The maximum absolute atomic E-state index is 14.8. The van der Waals surface area contributed by atoms with Gasteiger partial charge in [0.15, 0.2) is 11.5 Å². The Hall–Kier alpha value is -2.88. The smallest absolute Gasteiger partial charge is 0.179 e. The Kier molecular flexibility index (Phi) is 5.58. The number of hydrogen-bond donors (Lipinski definition) is 2. The Balaban J connectivity index is 1.13. The minimum atomic E-state index is -0.831. The maximum Gasteiger partial charge on any atom is 0.179 e. The molecule has 7 rings (SSSR count). The number of fused-ring (bicyclic) bond motifs is 5. The molecule has 0 radical (unpaired) electrons. The average molecular weight is 481 g/mol. The molecule has 2 N–H and O–H groups in total. The fraction of sp³-hybridized carbons (Fsp3) is 0.500. The van der Waals surface area contributed by atoms with Gasteiger partial charge in [0.05, 0.1) is 47.4 Å². The van der Waals surface area contributed by atoms with Crippen LogP contribution >= 0.6 is 0 Å². The van der Waals surface area contributed by atoms with Crippen molar-refractivity contribution < 1.29 is 23.7 Å². The van der Waals surface area contributed by atoms with E-state index in [1.54, 1.807) is 6.20 Å². The summed E-state index contributed by atoms with van der Waals surface area (Å²) in [6.45, 7) is 4.03. The van der Waals surface area contributed by atoms with Gasteiger partial charge < -0.3 is 24.6 Å². The van der Waals surface area contributed by atoms with E-state index in [-0.39, 0.29) is 12.0 Å². The Labute approximate surface area is 202 Å². The van der Waals surface area contributed by atoms with Crippen LogP contribution in [-0.4, -0.2) is 57.1 Å². The number of aryl methyl sites for hydroxylation is 1. The SMILES string of the molecule is Cc1ccc2ncc(F)c(CC(O)C34CCC(NCc5cc6c(cn5)OCCO6)(CC3)CO4)c2n1. The van der Waals surface area contributed by atoms with Crippen molar-refractivity contribution in [2.24, 2.45) is 0 Å². The predicted molar refractivity (Wildman–Crippen MR) is 126 cm³/mol. The van der Waals surface area contributed by atoms with Crippen molar-refractivity contribution in [2.75, 3.05) is 19.8 Å². The van der Waals surface area contributed by atoms with E-state index in [4.69, 9.17) is 14.2 Å². The lowest BCUT2D eigenvalue weighted by Crippen LogP contribution is -2.65. The fourth-order valence-electron chi connectivity index (χ4n) is 5.51. The molecular weight excluding hydrogens is 451 g/mol. The molecule has 1 aliphatic carbocycles. The summed E-state index contributed by atoms with van der Waals surface area (Å²) in [5.41, 5.74) is 2.36. The van der Waals surface area contributed by atoms with Crippen LogP contribution in [-0.2, 0) is 17.7 Å². The Morgan fingerprint density at radius 1 is 1.09 bits per heavy atom. The van der Waals surface area contributed by atoms with Crippen LogP contribution in [0.1, 0.15) is 42.6 Å². The Morgan fingerprint density at radius 3 is 2.66 bits per heavy atom. The zero-order valence-electron chi connectivity index (χ0n) is 19.7. The third-order valence-corrected chi connectivity index (χ3v) is 7.73. The molecule has 3 fully saturated rings. The van der Waals surface area contributed by atoms with Crippen LogP contribution in [0.2, 0.25) is 0 Å². The summed E-state index contributed by atoms with van der Waals surface area (Å²) < 4.78 is 32.3. The standard InChI is InChI=1S/C26H29FN4O4/c1-16-2-3-20-24(31-16)18(19(27)13-29-20)11-23(32)26-6-4-25(5-7-26,15-35-26)30-12-17-10-21-22(14-28-17)34-9-8-33-21/h2-3,10,13-14,23,30,32H,4-9,11-12,15H2,1H3. The summed E-state index contributed by atoms with van der Waals surface area (Å²) in [6, 6.07) is 5.60. The number of pyridine rings is 3. The number of ether oxygens (including phenoxy) is 3. The number of halogens is 1. The molecule has 0 spiro atoms. The lowest BCUT2D eigenvalue weighted by molar-refractivity contribution is -0.208. The quantitative estimate of drug-likeness (QED) is 0.556. The summed E-state index contributed by atoms with van der Waals surface area (Å²) in [4.78, 5) is 13.1. The van der Waals surface area contributed by atoms with Crippen molar-refractivity contribution in [3.8, 4) is 11.5 Å². The molecule has 0 amide bonds. The van der Waals surface area contributed by atoms with Crippen LogP contribution in [0.25, 0.3) is 11.0 Å². The molecule has 0 aromatic carbocycles. The van der Waals surface area contributed by atoms with E-state index in [9.17, 15) is 9.50 Å². The van der Waals surface area contributed by atoms with Crippen LogP contribution < -0.4 is 14.8 Å². The first-order valence-electron chi connectivity index (χ1n) is 12.2. The van der Waals surface area contributed by atoms with Crippen LogP contribution in [0.15, 0.2) is 30.6 Å². The molecule has 3 aromatic rings. The van der Waals surface area contributed by atoms with E-state index < -0.39 is 17.5 Å². The highest BCUT2D eigenvalue weighted by Gasteiger charge is 2.53. The van der Waals surface area contributed by atoms with Gasteiger partial charge in [-0.05, 0) is 44.7 Å². The van der Waals surface area contributed by atoms with Gasteiger partial charge in [0.25, 0.3) is 0 Å². The van der Waals surface area contributed by atoms with Gasteiger partial charge in [0.2, 0.25) is 0 Å². The molecule has 3 aromatic heterocycles. The van der Waals surface area contributed by atoms with Crippen molar-refractivity contribution in [2.45, 2.75) is 62.8 Å². The molecule has 4 aliphatic rings. The largest absolute Gasteiger partial charge is 0.486 e. The second-order valence-corrected chi connectivity index (χ2v) is 9.93. The second-order valence-electron chi connectivity index (χ2n) is 9.93. The second kappa shape index (κ2) is 8.65. The molecule has 184 valence electrons. The molecule has 1 atom stereocenters. The van der Waals surface area contributed by atoms with Gasteiger partial charge in [-0.3, -0.25) is 15.0 Å². The maximum atomic E-state index is 14.8. The minimum Gasteiger partial charge on any atom is -0.486 e. The molecule has 6 heterocycles. The summed E-state index contributed by atoms with van der Waals surface area (Å²) in [7, 11) is 0. The van der Waals surface area contributed by atoms with E-state index in [2.05, 4.69) is 20.3 Å². The van der Waals surface area contributed by atoms with Crippen molar-refractivity contribution in [1.29, 1.82) is 0 Å². The number of aliphatic hydroxyl groups excluding tert-OH is 1. The predicted octanol–water partition coefficient (Wildman–Crippen LogP) is 3.02. The first-order chi connectivity index (χ1) is 17.0. The lowest BCUT2D eigenvalue weighted by Gasteiger charge is -2.55. The van der Waals surface area contributed by atoms with E-state index in [1.807, 2.05) is 25.1 Å². The Bertz CT molecular complexity index is 1240. The molecule has 2 saturated heterocycles. The van der Waals surface area contributed by atoms with E-state index in [1.165, 1.54) is 6.20 Å². The van der Waals surface area contributed by atoms with Crippen LogP contribution in [0.3, 0.4) is 0 Å². The molecule has 1 unspecified atom stereocenters. The number of nitrogens with one attached hydrogen (secondary N) is 1. The zero-order valence-corrected chi connectivity index (χ0v) is 19.7. The van der Waals surface area contributed by atoms with Gasteiger partial charge >= 0.3 is 0 Å². The van der Waals surface area contributed by atoms with Gasteiger partial charge in [-0.1, -0.05) is 0 Å². The number of rotatable bonds is 6. The molecule has 9 heteroatoms. The third kappa shape index (κ3) is 4.11. The summed E-state index contributed by atoms with van der Waals surface area (Å²) in [6.07, 6.45) is 5.37. The van der Waals surface area contributed by atoms with E-state index >= 15 is 0 Å². The zero-order chi connectivity index (χ0) is 24.0. The van der Waals surface area contributed by atoms with Crippen molar-refractivity contribution in [1.82, 2.24) is 20.3 Å². The number of hydrogen-bond acceptors (Lipinski definition) is 8. The first-order valence-corrected chi connectivity index (χ1v) is 12.2. The highest BCUT2D eigenvalue weighted by Crippen LogP contribution is 2.46. The van der Waals surface area contributed by atoms with E-state index in [0.717, 1.165) is 30.0 Å². The van der Waals surface area contributed by atoms with Crippen molar-refractivity contribution >= 4 is 11.0 Å². The van der Waals surface area contributed by atoms with Gasteiger partial charge in [0, 0.05) is 35.8 Å². The van der Waals surface area contributed by atoms with Gasteiger partial charge in [-0.2, -0.15) is 0 Å². The molecule has 1 saturated carbocycles. The van der Waals surface area contributed by atoms with Crippen LogP contribution in [0.5, 0.6) is 11.5 Å². The van der Waals surface area contributed by atoms with Crippen LogP contribution in [0, 0.1) is 12.7 Å². The van der Waals surface area contributed by atoms with E-state index in [0.29, 0.717) is 61.6 Å². The fourth-order valence-corrected chi connectivity index (χ4v) is 5.51. The van der Waals surface area contributed by atoms with Gasteiger partial charge in [-0.25, -0.2) is 4.39 Å². The number of aromatic nitrogens is 3. The normalized spacial score (nSPS) is 26.1. The molecule has 3 aliphatic heterocycles. The topological polar surface area (TPSA) is 98.6 Å². The molecule has 35 heavy (non-hydrogen) atoms. The molecular formula is C26H29FN4O4. The summed E-state index contributed by atoms with van der Waals surface area (Å²) in [5.74, 6) is 0.965. The van der Waals surface area contributed by atoms with Crippen molar-refractivity contribution in [3.05, 3.63) is 53.4 Å². The monoisotopic (exact) mass is 480 g/mol. The van der Waals surface area contributed by atoms with Crippen LogP contribution in [0.4, 0.5) is 4.39 Å². The number of nitrogens with zero attached hydrogens (tertiary/aromatic N) is 3. The summed E-state index contributed by atoms with van der Waals surface area (Å²) >= 11 is 0.